The molecule has 1 aromatic heterocycles. The van der Waals surface area contributed by atoms with Crippen molar-refractivity contribution in [3.63, 3.8) is 0 Å². The highest BCUT2D eigenvalue weighted by atomic mass is 32.1. The number of hydroxylamine groups is 2. The fourth-order valence-electron chi connectivity index (χ4n) is 8.89. The summed E-state index contributed by atoms with van der Waals surface area (Å²) in [6, 6.07) is 11.3. The number of amides is 6. The Balaban J connectivity index is 1.19. The Morgan fingerprint density at radius 2 is 1.76 bits per heavy atom. The molecule has 330 valence electrons. The molecule has 18 nitrogen and oxygen atoms in total. The van der Waals surface area contributed by atoms with Gasteiger partial charge in [-0.3, -0.25) is 29.8 Å². The van der Waals surface area contributed by atoms with Gasteiger partial charge in [0.1, 0.15) is 23.5 Å². The summed E-state index contributed by atoms with van der Waals surface area (Å²) in [5.74, 6) is -4.21. The van der Waals surface area contributed by atoms with Crippen molar-refractivity contribution >= 4 is 59.4 Å². The van der Waals surface area contributed by atoms with Crippen molar-refractivity contribution in [3.8, 4) is 5.75 Å². The van der Waals surface area contributed by atoms with Crippen molar-refractivity contribution in [2.75, 3.05) is 25.5 Å². The monoisotopic (exact) mass is 874 g/mol. The van der Waals surface area contributed by atoms with Crippen LogP contribution in [0.1, 0.15) is 87.6 Å². The summed E-state index contributed by atoms with van der Waals surface area (Å²) in [5.41, 5.74) is -0.0703. The van der Waals surface area contributed by atoms with E-state index in [0.717, 1.165) is 29.7 Å². The zero-order valence-electron chi connectivity index (χ0n) is 35.6. The van der Waals surface area contributed by atoms with Crippen LogP contribution in [0.3, 0.4) is 0 Å². The molecule has 3 aliphatic carbocycles. The molecule has 3 saturated carbocycles. The van der Waals surface area contributed by atoms with Crippen molar-refractivity contribution < 1.29 is 57.5 Å². The third-order valence-electron chi connectivity index (χ3n) is 12.2. The Morgan fingerprint density at radius 3 is 2.45 bits per heavy atom. The number of hydrogen-bond donors (Lipinski definition) is 4. The second-order valence-electron chi connectivity index (χ2n) is 17.7. The maximum atomic E-state index is 14.8. The molecular weight excluding hydrogens is 823 g/mol. The molecule has 62 heavy (non-hydrogen) atoms. The third kappa shape index (κ3) is 9.00. The molecular formula is C42H51BN6O12S. The third-order valence-corrected chi connectivity index (χ3v) is 13.0. The van der Waals surface area contributed by atoms with Crippen LogP contribution in [0.4, 0.5) is 14.7 Å². The van der Waals surface area contributed by atoms with E-state index in [2.05, 4.69) is 34.8 Å². The van der Waals surface area contributed by atoms with Gasteiger partial charge in [-0.15, -0.1) is 11.3 Å². The van der Waals surface area contributed by atoms with Gasteiger partial charge in [-0.1, -0.05) is 56.3 Å². The fraction of sp³-hybridized carbons (Fsp3) is 0.500. The highest BCUT2D eigenvalue weighted by Crippen LogP contribution is 2.65. The molecule has 1 unspecified atom stereocenters. The first-order valence-corrected chi connectivity index (χ1v) is 21.3. The molecule has 0 radical (unpaired) electrons. The molecule has 5 fully saturated rings. The average Bonchev–Trinajstić information content (AvgIpc) is 3.84. The van der Waals surface area contributed by atoms with Crippen LogP contribution in [-0.4, -0.2) is 107 Å². The van der Waals surface area contributed by atoms with E-state index in [4.69, 9.17) is 23.5 Å². The number of urea groups is 1. The normalized spacial score (nSPS) is 23.7. The van der Waals surface area contributed by atoms with E-state index in [9.17, 15) is 34.0 Å². The second kappa shape index (κ2) is 17.3. The number of esters is 1. The smallest absolute Gasteiger partial charge is 0.482 e. The lowest BCUT2D eigenvalue weighted by molar-refractivity contribution is -0.199. The van der Waals surface area contributed by atoms with E-state index in [1.54, 1.807) is 63.2 Å². The summed E-state index contributed by atoms with van der Waals surface area (Å²) in [4.78, 5) is 84.7. The number of nitrogens with zero attached hydrogens (tertiary/aromatic N) is 3. The molecule has 2 aromatic carbocycles. The minimum absolute atomic E-state index is 0.00719. The van der Waals surface area contributed by atoms with Crippen LogP contribution >= 0.6 is 11.3 Å². The quantitative estimate of drug-likeness (QED) is 0.0842. The molecule has 8 rings (SSSR count). The van der Waals surface area contributed by atoms with Crippen LogP contribution in [0.15, 0.2) is 53.9 Å². The number of ether oxygens (including phenoxy) is 3. The standard InChI is InChI=1S/C42H51BN6O12S/c1-40(2,3)59-36(53)26-15-11-14-24(32(26)57-7)18-30(43-60-29-20-25-19-28(41(25,4)5)42(29,6)61-43)45-33(50)31(46-38(54)48-16-17-49(56)35(52)34(48)51)27-22-62-37(44-27)47-39(55)58-21-23-12-9-8-10-13-23/h8-15,22,25,28-31,56H,16-21H2,1-7H3,(H,45,50)(H,46,54)(H,44,47,55)/t25-,28+,29?,30+,31-,42+/m1/s1. The zero-order chi connectivity index (χ0) is 44.7. The summed E-state index contributed by atoms with van der Waals surface area (Å²) in [6.07, 6.45) is 0.638. The van der Waals surface area contributed by atoms with Crippen molar-refractivity contribution in [3.05, 3.63) is 76.3 Å². The molecule has 3 aromatic rings. The minimum Gasteiger partial charge on any atom is -0.496 e. The number of aromatic nitrogens is 1. The van der Waals surface area contributed by atoms with E-state index in [-0.39, 0.29) is 70.8 Å². The number of benzene rings is 2. The number of carbonyl (C=O) groups is 6. The molecule has 2 bridgehead atoms. The highest BCUT2D eigenvalue weighted by Gasteiger charge is 2.68. The number of methoxy groups -OCH3 is 1. The SMILES string of the molecule is COc1c(C[C@H](NC(=O)[C@H](NC(=O)N2CCN(O)C(=O)C2=O)c2csc(NC(=O)OCc3ccccc3)n2)B2OC3C[C@H]4C[C@@H](C4(C)C)[C@]3(C)O2)cccc1C(=O)OC(C)(C)C. The minimum atomic E-state index is -1.62. The molecule has 5 aliphatic rings. The lowest BCUT2D eigenvalue weighted by Gasteiger charge is -2.64. The molecule has 6 amide bonds. The number of nitrogens with one attached hydrogen (secondary N) is 3. The van der Waals surface area contributed by atoms with Crippen LogP contribution < -0.4 is 20.7 Å². The van der Waals surface area contributed by atoms with E-state index in [1.165, 1.54) is 12.5 Å². The summed E-state index contributed by atoms with van der Waals surface area (Å²) >= 11 is 0.948. The number of para-hydroxylation sites is 1. The molecule has 4 N–H and O–H groups in total. The zero-order valence-corrected chi connectivity index (χ0v) is 36.4. The van der Waals surface area contributed by atoms with E-state index < -0.39 is 66.1 Å². The number of carbonyl (C=O) groups excluding carboxylic acids is 6. The first kappa shape index (κ1) is 44.5. The predicted octanol–water partition coefficient (Wildman–Crippen LogP) is 4.66. The number of imide groups is 1. The van der Waals surface area contributed by atoms with Gasteiger partial charge in [0.25, 0.3) is 0 Å². The molecule has 6 atom stereocenters. The predicted molar refractivity (Wildman–Crippen MR) is 223 cm³/mol. The Hall–Kier alpha value is -5.57. The van der Waals surface area contributed by atoms with Crippen molar-refractivity contribution in [1.82, 2.24) is 25.6 Å². The Bertz CT molecular complexity index is 2240. The van der Waals surface area contributed by atoms with Crippen LogP contribution in [0, 0.1) is 17.3 Å². The van der Waals surface area contributed by atoms with Gasteiger partial charge in [-0.2, -0.15) is 0 Å². The van der Waals surface area contributed by atoms with Gasteiger partial charge >= 0.3 is 37.0 Å². The number of rotatable bonds is 12. The molecule has 3 heterocycles. The van der Waals surface area contributed by atoms with Gasteiger partial charge in [0.2, 0.25) is 5.91 Å². The fourth-order valence-corrected chi connectivity index (χ4v) is 9.61. The van der Waals surface area contributed by atoms with Crippen LogP contribution in [0.2, 0.25) is 0 Å². The van der Waals surface area contributed by atoms with Crippen molar-refractivity contribution in [2.45, 2.75) is 96.7 Å². The molecule has 2 saturated heterocycles. The van der Waals surface area contributed by atoms with Gasteiger partial charge in [0, 0.05) is 5.38 Å². The van der Waals surface area contributed by atoms with E-state index in [1.807, 2.05) is 13.0 Å². The van der Waals surface area contributed by atoms with Crippen LogP contribution in [0.25, 0.3) is 0 Å². The largest absolute Gasteiger partial charge is 0.496 e. The molecule has 20 heteroatoms. The second-order valence-corrected chi connectivity index (χ2v) is 18.5. The van der Waals surface area contributed by atoms with Gasteiger partial charge in [0.05, 0.1) is 43.5 Å². The van der Waals surface area contributed by atoms with Crippen molar-refractivity contribution in [1.29, 1.82) is 0 Å². The maximum absolute atomic E-state index is 14.8. The van der Waals surface area contributed by atoms with Gasteiger partial charge in [0.15, 0.2) is 11.2 Å². The lowest BCUT2D eigenvalue weighted by atomic mass is 9.43. The lowest BCUT2D eigenvalue weighted by Crippen LogP contribution is -2.65. The Morgan fingerprint density at radius 1 is 1.02 bits per heavy atom. The van der Waals surface area contributed by atoms with Crippen LogP contribution in [-0.2, 0) is 46.2 Å². The number of anilines is 1. The first-order chi connectivity index (χ1) is 29.3. The molecule has 2 aliphatic heterocycles. The Kier molecular flexibility index (Phi) is 12.4. The first-order valence-electron chi connectivity index (χ1n) is 20.4. The maximum Gasteiger partial charge on any atom is 0.482 e. The van der Waals surface area contributed by atoms with Gasteiger partial charge in [-0.05, 0) is 81.4 Å². The van der Waals surface area contributed by atoms with Gasteiger partial charge in [-0.25, -0.2) is 24.4 Å². The Labute approximate surface area is 363 Å². The van der Waals surface area contributed by atoms with E-state index >= 15 is 0 Å². The summed E-state index contributed by atoms with van der Waals surface area (Å²) in [7, 11) is 0.409. The van der Waals surface area contributed by atoms with Crippen LogP contribution in [0.5, 0.6) is 5.75 Å². The molecule has 0 spiro atoms. The van der Waals surface area contributed by atoms with Gasteiger partial charge < -0.3 is 34.2 Å². The topological polar surface area (TPSA) is 224 Å². The summed E-state index contributed by atoms with van der Waals surface area (Å²) in [6.45, 7) is 11.0. The number of hydrogen-bond acceptors (Lipinski definition) is 14. The van der Waals surface area contributed by atoms with Crippen molar-refractivity contribution in [2.24, 2.45) is 17.3 Å². The number of piperazine rings is 1. The van der Waals surface area contributed by atoms with E-state index in [0.29, 0.717) is 16.4 Å². The summed E-state index contributed by atoms with van der Waals surface area (Å²) in [5, 5.41) is 19.5. The summed E-state index contributed by atoms with van der Waals surface area (Å²) < 4.78 is 30.3. The average molecular weight is 875 g/mol. The highest BCUT2D eigenvalue weighted by molar-refractivity contribution is 7.13. The number of thiazole rings is 1.